The van der Waals surface area contributed by atoms with E-state index in [2.05, 4.69) is 12.1 Å². The fourth-order valence-electron chi connectivity index (χ4n) is 2.68. The van der Waals surface area contributed by atoms with Crippen LogP contribution in [0.1, 0.15) is 23.5 Å². The van der Waals surface area contributed by atoms with E-state index in [1.54, 1.807) is 0 Å². The van der Waals surface area contributed by atoms with Crippen molar-refractivity contribution in [1.29, 1.82) is 10.5 Å². The number of likely N-dealkylation sites (N-methyl/N-ethyl adjacent to an activating group) is 1. The first kappa shape index (κ1) is 15.8. The number of nitrogens with zero attached hydrogens (tertiary/aromatic N) is 3. The van der Waals surface area contributed by atoms with Crippen LogP contribution in [0.4, 0.5) is 0 Å². The molecule has 0 spiro atoms. The van der Waals surface area contributed by atoms with Gasteiger partial charge in [0.15, 0.2) is 0 Å². The topological polar surface area (TPSA) is 50.8 Å². The standard InChI is InChI=1S/C19H19N3/c1-22(15-16-8-4-2-5-9-16)19(14-21)18(12-13-20)17-10-6-3-7-11-17/h2-11,18-19H,12,15H2,1H3/t18-,19-/m1/s1. The summed E-state index contributed by atoms with van der Waals surface area (Å²) < 4.78 is 0. The smallest absolute Gasteiger partial charge is 0.106 e. The zero-order chi connectivity index (χ0) is 15.8. The van der Waals surface area contributed by atoms with Crippen molar-refractivity contribution in [2.24, 2.45) is 0 Å². The van der Waals surface area contributed by atoms with Crippen LogP contribution in [-0.4, -0.2) is 18.0 Å². The highest BCUT2D eigenvalue weighted by Gasteiger charge is 2.26. The molecule has 0 heterocycles. The van der Waals surface area contributed by atoms with E-state index < -0.39 is 0 Å². The van der Waals surface area contributed by atoms with E-state index in [0.29, 0.717) is 13.0 Å². The summed E-state index contributed by atoms with van der Waals surface area (Å²) in [6.07, 6.45) is 0.335. The van der Waals surface area contributed by atoms with Crippen LogP contribution in [0.5, 0.6) is 0 Å². The van der Waals surface area contributed by atoms with Gasteiger partial charge in [-0.05, 0) is 18.2 Å². The summed E-state index contributed by atoms with van der Waals surface area (Å²) in [7, 11) is 1.94. The summed E-state index contributed by atoms with van der Waals surface area (Å²) in [6, 6.07) is 24.2. The molecule has 3 heteroatoms. The second kappa shape index (κ2) is 7.98. The number of hydrogen-bond donors (Lipinski definition) is 0. The van der Waals surface area contributed by atoms with E-state index in [4.69, 9.17) is 5.26 Å². The van der Waals surface area contributed by atoms with E-state index in [-0.39, 0.29) is 12.0 Å². The van der Waals surface area contributed by atoms with E-state index in [1.165, 1.54) is 0 Å². The van der Waals surface area contributed by atoms with Crippen molar-refractivity contribution in [2.45, 2.75) is 24.9 Å². The maximum absolute atomic E-state index is 9.63. The highest BCUT2D eigenvalue weighted by atomic mass is 15.1. The SMILES string of the molecule is CN(Cc1ccccc1)[C@H](C#N)[C@H](CC#N)c1ccccc1. The third-order valence-corrected chi connectivity index (χ3v) is 3.80. The van der Waals surface area contributed by atoms with Crippen LogP contribution in [-0.2, 0) is 6.54 Å². The van der Waals surface area contributed by atoms with Crippen LogP contribution in [0.2, 0.25) is 0 Å². The molecule has 0 bridgehead atoms. The van der Waals surface area contributed by atoms with Gasteiger partial charge in [0.2, 0.25) is 0 Å². The molecule has 2 aromatic carbocycles. The Morgan fingerprint density at radius 3 is 2.09 bits per heavy atom. The first-order valence-corrected chi connectivity index (χ1v) is 7.32. The first-order valence-electron chi connectivity index (χ1n) is 7.32. The summed E-state index contributed by atoms with van der Waals surface area (Å²) in [5.74, 6) is -0.107. The Morgan fingerprint density at radius 1 is 0.955 bits per heavy atom. The van der Waals surface area contributed by atoms with Gasteiger partial charge in [-0.2, -0.15) is 10.5 Å². The molecule has 0 aliphatic rings. The molecule has 2 rings (SSSR count). The van der Waals surface area contributed by atoms with Gasteiger partial charge in [-0.3, -0.25) is 4.90 Å². The Kier molecular flexibility index (Phi) is 5.72. The Balaban J connectivity index is 2.20. The van der Waals surface area contributed by atoms with Crippen molar-refractivity contribution in [3.05, 3.63) is 71.8 Å². The lowest BCUT2D eigenvalue weighted by Gasteiger charge is -2.29. The summed E-state index contributed by atoms with van der Waals surface area (Å²) in [6.45, 7) is 0.688. The minimum absolute atomic E-state index is 0.107. The van der Waals surface area contributed by atoms with Gasteiger partial charge in [0.05, 0.1) is 12.1 Å². The molecular weight excluding hydrogens is 270 g/mol. The van der Waals surface area contributed by atoms with Crippen LogP contribution in [0.25, 0.3) is 0 Å². The summed E-state index contributed by atoms with van der Waals surface area (Å²) in [5.41, 5.74) is 2.20. The van der Waals surface area contributed by atoms with Crippen molar-refractivity contribution < 1.29 is 0 Å². The van der Waals surface area contributed by atoms with Crippen molar-refractivity contribution in [1.82, 2.24) is 4.90 Å². The third-order valence-electron chi connectivity index (χ3n) is 3.80. The monoisotopic (exact) mass is 289 g/mol. The highest BCUT2D eigenvalue weighted by molar-refractivity contribution is 5.25. The molecule has 0 saturated heterocycles. The minimum Gasteiger partial charge on any atom is -0.286 e. The van der Waals surface area contributed by atoms with Crippen LogP contribution in [0, 0.1) is 22.7 Å². The predicted molar refractivity (Wildman–Crippen MR) is 86.7 cm³/mol. The van der Waals surface area contributed by atoms with Gasteiger partial charge in [0.1, 0.15) is 6.04 Å². The molecular formula is C19H19N3. The van der Waals surface area contributed by atoms with Gasteiger partial charge < -0.3 is 0 Å². The van der Waals surface area contributed by atoms with Crippen LogP contribution < -0.4 is 0 Å². The molecule has 0 aliphatic heterocycles. The van der Waals surface area contributed by atoms with Gasteiger partial charge in [-0.15, -0.1) is 0 Å². The van der Waals surface area contributed by atoms with Gasteiger partial charge in [-0.1, -0.05) is 60.7 Å². The van der Waals surface area contributed by atoms with Gasteiger partial charge in [0, 0.05) is 18.9 Å². The summed E-state index contributed by atoms with van der Waals surface area (Å²) >= 11 is 0. The van der Waals surface area contributed by atoms with E-state index in [0.717, 1.165) is 11.1 Å². The molecule has 0 aliphatic carbocycles. The number of rotatable bonds is 6. The minimum atomic E-state index is -0.331. The second-order valence-corrected chi connectivity index (χ2v) is 5.35. The zero-order valence-corrected chi connectivity index (χ0v) is 12.7. The molecule has 0 radical (unpaired) electrons. The Bertz CT molecular complexity index is 653. The lowest BCUT2D eigenvalue weighted by Crippen LogP contribution is -2.35. The number of hydrogen-bond acceptors (Lipinski definition) is 3. The van der Waals surface area contributed by atoms with Crippen LogP contribution >= 0.6 is 0 Å². The predicted octanol–water partition coefficient (Wildman–Crippen LogP) is 3.71. The van der Waals surface area contributed by atoms with Gasteiger partial charge >= 0.3 is 0 Å². The van der Waals surface area contributed by atoms with Crippen molar-refractivity contribution in [3.63, 3.8) is 0 Å². The summed E-state index contributed by atoms with van der Waals surface area (Å²) in [4.78, 5) is 2.02. The lowest BCUT2D eigenvalue weighted by molar-refractivity contribution is 0.248. The molecule has 110 valence electrons. The fraction of sp³-hybridized carbons (Fsp3) is 0.263. The largest absolute Gasteiger partial charge is 0.286 e. The Labute approximate surface area is 132 Å². The normalized spacial score (nSPS) is 13.1. The van der Waals surface area contributed by atoms with Crippen molar-refractivity contribution in [3.8, 4) is 12.1 Å². The molecule has 3 nitrogen and oxygen atoms in total. The van der Waals surface area contributed by atoms with Crippen LogP contribution in [0.15, 0.2) is 60.7 Å². The molecule has 0 N–H and O–H groups in total. The zero-order valence-electron chi connectivity index (χ0n) is 12.7. The maximum Gasteiger partial charge on any atom is 0.106 e. The van der Waals surface area contributed by atoms with E-state index >= 15 is 0 Å². The van der Waals surface area contributed by atoms with E-state index in [9.17, 15) is 5.26 Å². The molecule has 0 saturated carbocycles. The molecule has 0 amide bonds. The first-order chi connectivity index (χ1) is 10.8. The van der Waals surface area contributed by atoms with Crippen LogP contribution in [0.3, 0.4) is 0 Å². The van der Waals surface area contributed by atoms with Crippen molar-refractivity contribution in [2.75, 3.05) is 7.05 Å². The molecule has 22 heavy (non-hydrogen) atoms. The Hall–Kier alpha value is -2.62. The second-order valence-electron chi connectivity index (χ2n) is 5.35. The quantitative estimate of drug-likeness (QED) is 0.814. The molecule has 0 aromatic heterocycles. The third kappa shape index (κ3) is 3.95. The average molecular weight is 289 g/mol. The van der Waals surface area contributed by atoms with Gasteiger partial charge in [0.25, 0.3) is 0 Å². The highest BCUT2D eigenvalue weighted by Crippen LogP contribution is 2.26. The average Bonchev–Trinajstić information content (AvgIpc) is 2.56. The van der Waals surface area contributed by atoms with E-state index in [1.807, 2.05) is 72.6 Å². The lowest BCUT2D eigenvalue weighted by atomic mass is 9.88. The Morgan fingerprint density at radius 2 is 1.55 bits per heavy atom. The molecule has 2 aromatic rings. The fourth-order valence-corrected chi connectivity index (χ4v) is 2.68. The number of nitriles is 2. The van der Waals surface area contributed by atoms with Gasteiger partial charge in [-0.25, -0.2) is 0 Å². The maximum atomic E-state index is 9.63. The molecule has 0 fully saturated rings. The molecule has 2 atom stereocenters. The summed E-state index contributed by atoms with van der Waals surface area (Å²) in [5, 5.41) is 18.8. The van der Waals surface area contributed by atoms with Crippen molar-refractivity contribution >= 4 is 0 Å². The number of benzene rings is 2. The molecule has 0 unspecified atom stereocenters.